The number of aryl methyl sites for hydroxylation is 1. The maximum absolute atomic E-state index is 12.3. The molecule has 2 heterocycles. The third-order valence-electron chi connectivity index (χ3n) is 3.94. The Balaban J connectivity index is 1.45. The van der Waals surface area contributed by atoms with Gasteiger partial charge in [-0.1, -0.05) is 11.2 Å². The van der Waals surface area contributed by atoms with E-state index in [1.54, 1.807) is 38.4 Å². The van der Waals surface area contributed by atoms with E-state index in [-0.39, 0.29) is 24.8 Å². The molecule has 2 aromatic heterocycles. The van der Waals surface area contributed by atoms with Gasteiger partial charge in [0.15, 0.2) is 0 Å². The van der Waals surface area contributed by atoms with E-state index in [1.807, 2.05) is 17.5 Å². The lowest BCUT2D eigenvalue weighted by Gasteiger charge is -2.16. The minimum atomic E-state index is -0.279. The third kappa shape index (κ3) is 5.17. The van der Waals surface area contributed by atoms with Crippen molar-refractivity contribution in [1.29, 1.82) is 0 Å². The summed E-state index contributed by atoms with van der Waals surface area (Å²) in [6.07, 6.45) is 0.500. The number of benzene rings is 1. The van der Waals surface area contributed by atoms with Crippen LogP contribution in [0, 0.1) is 0 Å². The number of ether oxygens (including phenoxy) is 1. The average Bonchev–Trinajstić information content (AvgIpc) is 3.38. The molecule has 0 aliphatic rings. The molecule has 28 heavy (non-hydrogen) atoms. The van der Waals surface area contributed by atoms with Gasteiger partial charge in [-0.05, 0) is 35.7 Å². The predicted molar refractivity (Wildman–Crippen MR) is 105 cm³/mol. The first kappa shape index (κ1) is 19.6. The quantitative estimate of drug-likeness (QED) is 0.624. The van der Waals surface area contributed by atoms with Crippen LogP contribution in [0.15, 0.2) is 46.3 Å². The monoisotopic (exact) mass is 400 g/mol. The van der Waals surface area contributed by atoms with Crippen LogP contribution in [0.4, 0.5) is 5.69 Å². The molecule has 0 saturated heterocycles. The molecule has 0 bridgehead atoms. The van der Waals surface area contributed by atoms with Crippen molar-refractivity contribution in [2.75, 3.05) is 26.0 Å². The summed E-state index contributed by atoms with van der Waals surface area (Å²) >= 11 is 1.52. The number of rotatable bonds is 8. The SMILES string of the molecule is COc1ccc(NC(=O)CN(C)C(=O)CCc2nc(-c3cccs3)no2)cc1. The number of hydrogen-bond donors (Lipinski definition) is 1. The number of anilines is 1. The van der Waals surface area contributed by atoms with Gasteiger partial charge in [0.25, 0.3) is 0 Å². The number of thiophene rings is 1. The lowest BCUT2D eigenvalue weighted by molar-refractivity contribution is -0.133. The normalized spacial score (nSPS) is 10.5. The van der Waals surface area contributed by atoms with Crippen molar-refractivity contribution in [2.24, 2.45) is 0 Å². The summed E-state index contributed by atoms with van der Waals surface area (Å²) in [6.45, 7) is -0.0465. The minimum Gasteiger partial charge on any atom is -0.497 e. The molecule has 0 spiro atoms. The van der Waals surface area contributed by atoms with Crippen molar-refractivity contribution < 1.29 is 18.8 Å². The highest BCUT2D eigenvalue weighted by Crippen LogP contribution is 2.21. The minimum absolute atomic E-state index is 0.0465. The topological polar surface area (TPSA) is 97.6 Å². The number of nitrogens with one attached hydrogen (secondary N) is 1. The van der Waals surface area contributed by atoms with Gasteiger partial charge in [0.05, 0.1) is 18.5 Å². The van der Waals surface area contributed by atoms with E-state index >= 15 is 0 Å². The van der Waals surface area contributed by atoms with E-state index in [0.717, 1.165) is 4.88 Å². The van der Waals surface area contributed by atoms with Crippen LogP contribution >= 0.6 is 11.3 Å². The molecule has 0 fully saturated rings. The molecule has 1 N–H and O–H groups in total. The Bertz CT molecular complexity index is 922. The van der Waals surface area contributed by atoms with Crippen LogP contribution in [0.25, 0.3) is 10.7 Å². The number of amides is 2. The molecule has 0 saturated carbocycles. The van der Waals surface area contributed by atoms with Crippen LogP contribution in [-0.4, -0.2) is 47.6 Å². The van der Waals surface area contributed by atoms with Crippen LogP contribution < -0.4 is 10.1 Å². The zero-order chi connectivity index (χ0) is 19.9. The first-order chi connectivity index (χ1) is 13.5. The van der Waals surface area contributed by atoms with Gasteiger partial charge in [0.1, 0.15) is 5.75 Å². The zero-order valence-electron chi connectivity index (χ0n) is 15.5. The highest BCUT2D eigenvalue weighted by Gasteiger charge is 2.16. The van der Waals surface area contributed by atoms with E-state index in [1.165, 1.54) is 16.2 Å². The number of carbonyl (C=O) groups excluding carboxylic acids is 2. The molecule has 0 atom stereocenters. The molecule has 0 radical (unpaired) electrons. The highest BCUT2D eigenvalue weighted by atomic mass is 32.1. The molecule has 0 unspecified atom stereocenters. The fraction of sp³-hybridized carbons (Fsp3) is 0.263. The Labute approximate surface area is 166 Å². The molecule has 2 amide bonds. The lowest BCUT2D eigenvalue weighted by Crippen LogP contribution is -2.35. The first-order valence-corrected chi connectivity index (χ1v) is 9.47. The number of likely N-dealkylation sites (N-methyl/N-ethyl adjacent to an activating group) is 1. The van der Waals surface area contributed by atoms with Crippen molar-refractivity contribution in [3.8, 4) is 16.5 Å². The fourth-order valence-electron chi connectivity index (χ4n) is 2.45. The number of methoxy groups -OCH3 is 1. The van der Waals surface area contributed by atoms with Crippen LogP contribution in [0.3, 0.4) is 0 Å². The second kappa shape index (κ2) is 9.14. The van der Waals surface area contributed by atoms with E-state index < -0.39 is 0 Å². The molecule has 8 nitrogen and oxygen atoms in total. The molecule has 9 heteroatoms. The Morgan fingerprint density at radius 2 is 2.04 bits per heavy atom. The van der Waals surface area contributed by atoms with E-state index in [4.69, 9.17) is 9.26 Å². The molecule has 3 aromatic rings. The van der Waals surface area contributed by atoms with E-state index in [2.05, 4.69) is 15.5 Å². The average molecular weight is 400 g/mol. The molecule has 0 aliphatic carbocycles. The predicted octanol–water partition coefficient (Wildman–Crippen LogP) is 2.84. The number of hydrogen-bond acceptors (Lipinski definition) is 7. The van der Waals surface area contributed by atoms with Gasteiger partial charge in [0.2, 0.25) is 23.5 Å². The second-order valence-electron chi connectivity index (χ2n) is 6.02. The third-order valence-corrected chi connectivity index (χ3v) is 4.81. The standard InChI is InChI=1S/C19H20N4O4S/c1-23(12-16(24)20-13-5-7-14(26-2)8-6-13)18(25)10-9-17-21-19(22-27-17)15-4-3-11-28-15/h3-8,11H,9-10,12H2,1-2H3,(H,20,24). The van der Waals surface area contributed by atoms with E-state index in [9.17, 15) is 9.59 Å². The van der Waals surface area contributed by atoms with Gasteiger partial charge in [-0.3, -0.25) is 9.59 Å². The smallest absolute Gasteiger partial charge is 0.243 e. The summed E-state index contributed by atoms with van der Waals surface area (Å²) in [5.74, 6) is 1.16. The van der Waals surface area contributed by atoms with Gasteiger partial charge < -0.3 is 19.5 Å². The Morgan fingerprint density at radius 1 is 1.25 bits per heavy atom. The number of nitrogens with zero attached hydrogens (tertiary/aromatic N) is 3. The van der Waals surface area contributed by atoms with Crippen molar-refractivity contribution in [1.82, 2.24) is 15.0 Å². The summed E-state index contributed by atoms with van der Waals surface area (Å²) in [5.41, 5.74) is 0.638. The Kier molecular flexibility index (Phi) is 6.38. The Hall–Kier alpha value is -3.20. The van der Waals surface area contributed by atoms with Crippen LogP contribution in [0.5, 0.6) is 5.75 Å². The van der Waals surface area contributed by atoms with Gasteiger partial charge in [0, 0.05) is 25.6 Å². The Morgan fingerprint density at radius 3 is 2.71 bits per heavy atom. The van der Waals surface area contributed by atoms with Gasteiger partial charge >= 0.3 is 0 Å². The largest absolute Gasteiger partial charge is 0.497 e. The van der Waals surface area contributed by atoms with Crippen molar-refractivity contribution in [3.63, 3.8) is 0 Å². The van der Waals surface area contributed by atoms with Crippen molar-refractivity contribution in [2.45, 2.75) is 12.8 Å². The molecule has 3 rings (SSSR count). The fourth-order valence-corrected chi connectivity index (χ4v) is 3.09. The van der Waals surface area contributed by atoms with Crippen LogP contribution in [-0.2, 0) is 16.0 Å². The van der Waals surface area contributed by atoms with E-state index in [0.29, 0.717) is 29.6 Å². The van der Waals surface area contributed by atoms with Gasteiger partial charge in [-0.2, -0.15) is 4.98 Å². The summed E-state index contributed by atoms with van der Waals surface area (Å²) in [6, 6.07) is 10.8. The molecular weight excluding hydrogens is 380 g/mol. The highest BCUT2D eigenvalue weighted by molar-refractivity contribution is 7.13. The molecule has 1 aromatic carbocycles. The number of aromatic nitrogens is 2. The maximum Gasteiger partial charge on any atom is 0.243 e. The first-order valence-electron chi connectivity index (χ1n) is 8.59. The molecule has 146 valence electrons. The van der Waals surface area contributed by atoms with Crippen molar-refractivity contribution >= 4 is 28.8 Å². The summed E-state index contributed by atoms with van der Waals surface area (Å²) in [5, 5.41) is 8.59. The maximum atomic E-state index is 12.3. The summed E-state index contributed by atoms with van der Waals surface area (Å²) in [7, 11) is 3.16. The van der Waals surface area contributed by atoms with Gasteiger partial charge in [-0.15, -0.1) is 11.3 Å². The molecule has 0 aliphatic heterocycles. The van der Waals surface area contributed by atoms with Crippen LogP contribution in [0.1, 0.15) is 12.3 Å². The van der Waals surface area contributed by atoms with Crippen LogP contribution in [0.2, 0.25) is 0 Å². The second-order valence-corrected chi connectivity index (χ2v) is 6.96. The molecular formula is C19H20N4O4S. The van der Waals surface area contributed by atoms with Crippen molar-refractivity contribution in [3.05, 3.63) is 47.7 Å². The summed E-state index contributed by atoms with van der Waals surface area (Å²) < 4.78 is 10.3. The van der Waals surface area contributed by atoms with Gasteiger partial charge in [-0.25, -0.2) is 0 Å². The lowest BCUT2D eigenvalue weighted by atomic mass is 10.2. The number of carbonyl (C=O) groups is 2. The summed E-state index contributed by atoms with van der Waals surface area (Å²) in [4.78, 5) is 30.9. The zero-order valence-corrected chi connectivity index (χ0v) is 16.4.